The van der Waals surface area contributed by atoms with Crippen molar-refractivity contribution in [2.75, 3.05) is 12.4 Å². The van der Waals surface area contributed by atoms with E-state index in [9.17, 15) is 13.2 Å². The van der Waals surface area contributed by atoms with Crippen LogP contribution in [0.1, 0.15) is 32.6 Å². The summed E-state index contributed by atoms with van der Waals surface area (Å²) < 4.78 is 36.5. The normalized spacial score (nSPS) is 35.6. The molecule has 0 aromatic heterocycles. The minimum atomic E-state index is -3.36. The van der Waals surface area contributed by atoms with Gasteiger partial charge in [-0.3, -0.25) is 4.79 Å². The first-order valence-electron chi connectivity index (χ1n) is 6.40. The molecule has 1 spiro atoms. The van der Waals surface area contributed by atoms with E-state index in [0.717, 1.165) is 0 Å². The first kappa shape index (κ1) is 14.7. The molecule has 2 rings (SSSR count). The topological polar surface area (TPSA) is 102 Å². The lowest BCUT2D eigenvalue weighted by molar-refractivity contribution is -0.202. The van der Waals surface area contributed by atoms with E-state index in [4.69, 9.17) is 14.6 Å². The van der Waals surface area contributed by atoms with E-state index in [2.05, 4.69) is 4.72 Å². The summed E-state index contributed by atoms with van der Waals surface area (Å²) in [5.74, 6) is -2.32. The molecule has 1 saturated heterocycles. The maximum atomic E-state index is 11.5. The zero-order chi connectivity index (χ0) is 14.1. The van der Waals surface area contributed by atoms with Crippen LogP contribution in [0.15, 0.2) is 0 Å². The van der Waals surface area contributed by atoms with Gasteiger partial charge in [0.25, 0.3) is 0 Å². The molecule has 3 unspecified atom stereocenters. The van der Waals surface area contributed by atoms with Crippen LogP contribution in [0.4, 0.5) is 0 Å². The van der Waals surface area contributed by atoms with Gasteiger partial charge in [-0.1, -0.05) is 0 Å². The van der Waals surface area contributed by atoms with E-state index < -0.39 is 33.9 Å². The number of rotatable bonds is 4. The molecule has 2 N–H and O–H groups in total. The van der Waals surface area contributed by atoms with Gasteiger partial charge in [0.15, 0.2) is 5.79 Å². The average Bonchev–Trinajstić information content (AvgIpc) is 2.71. The summed E-state index contributed by atoms with van der Waals surface area (Å²) in [6.07, 6.45) is 1.45. The number of carboxylic acids is 1. The molecule has 0 aromatic carbocycles. The number of carbonyl (C=O) groups is 1. The first-order chi connectivity index (χ1) is 8.86. The van der Waals surface area contributed by atoms with E-state index in [-0.39, 0.29) is 18.8 Å². The van der Waals surface area contributed by atoms with Crippen LogP contribution in [0.3, 0.4) is 0 Å². The number of ether oxygens (including phenoxy) is 2. The van der Waals surface area contributed by atoms with Crippen molar-refractivity contribution in [1.82, 2.24) is 4.72 Å². The molecule has 1 aliphatic carbocycles. The Labute approximate surface area is 112 Å². The number of carboxylic acid groups (broad SMARTS) is 1. The first-order valence-corrected chi connectivity index (χ1v) is 8.06. The number of hydrogen-bond acceptors (Lipinski definition) is 5. The molecule has 0 radical (unpaired) electrons. The van der Waals surface area contributed by atoms with Crippen LogP contribution in [0.5, 0.6) is 0 Å². The number of aliphatic carboxylic acids is 1. The van der Waals surface area contributed by atoms with Gasteiger partial charge in [-0.15, -0.1) is 0 Å². The second-order valence-electron chi connectivity index (χ2n) is 4.98. The molecule has 0 amide bonds. The Hall–Kier alpha value is -0.700. The summed E-state index contributed by atoms with van der Waals surface area (Å²) in [7, 11) is -3.36. The summed E-state index contributed by atoms with van der Waals surface area (Å²) >= 11 is 0. The predicted molar refractivity (Wildman–Crippen MR) is 65.7 cm³/mol. The van der Waals surface area contributed by atoms with Gasteiger partial charge >= 0.3 is 5.97 Å². The second kappa shape index (κ2) is 5.35. The van der Waals surface area contributed by atoms with Gasteiger partial charge < -0.3 is 14.6 Å². The third-order valence-corrected chi connectivity index (χ3v) is 4.94. The number of nitrogens with one attached hydrogen (secondary N) is 1. The highest BCUT2D eigenvalue weighted by molar-refractivity contribution is 7.89. The largest absolute Gasteiger partial charge is 0.481 e. The number of hydrogen-bond donors (Lipinski definition) is 2. The molecule has 8 heteroatoms. The van der Waals surface area contributed by atoms with Gasteiger partial charge in [-0.05, 0) is 19.8 Å². The van der Waals surface area contributed by atoms with Crippen LogP contribution >= 0.6 is 0 Å². The van der Waals surface area contributed by atoms with Crippen LogP contribution in [0.25, 0.3) is 0 Å². The van der Waals surface area contributed by atoms with Crippen LogP contribution in [-0.4, -0.2) is 43.9 Å². The summed E-state index contributed by atoms with van der Waals surface area (Å²) in [5, 5.41) is 9.05. The average molecular weight is 293 g/mol. The van der Waals surface area contributed by atoms with Crippen molar-refractivity contribution in [2.24, 2.45) is 5.92 Å². The Morgan fingerprint density at radius 1 is 1.53 bits per heavy atom. The highest BCUT2D eigenvalue weighted by Gasteiger charge is 2.47. The molecule has 7 nitrogen and oxygen atoms in total. The summed E-state index contributed by atoms with van der Waals surface area (Å²) in [6, 6.07) is 0. The monoisotopic (exact) mass is 293 g/mol. The van der Waals surface area contributed by atoms with Gasteiger partial charge in [0.2, 0.25) is 10.0 Å². The van der Waals surface area contributed by atoms with Gasteiger partial charge in [0.1, 0.15) is 6.23 Å². The zero-order valence-electron chi connectivity index (χ0n) is 10.8. The smallest absolute Gasteiger partial charge is 0.306 e. The SMILES string of the molecule is CCS(=O)(=O)NC1COC2(CCCC(C(=O)O)C2)O1. The van der Waals surface area contributed by atoms with Gasteiger partial charge in [-0.25, -0.2) is 8.42 Å². The van der Waals surface area contributed by atoms with Crippen molar-refractivity contribution in [1.29, 1.82) is 0 Å². The van der Waals surface area contributed by atoms with Crippen molar-refractivity contribution in [3.05, 3.63) is 0 Å². The van der Waals surface area contributed by atoms with Gasteiger partial charge in [0, 0.05) is 12.8 Å². The Kier molecular flexibility index (Phi) is 4.14. The molecule has 1 aliphatic heterocycles. The Morgan fingerprint density at radius 2 is 2.26 bits per heavy atom. The molecule has 0 bridgehead atoms. The molecule has 0 aromatic rings. The zero-order valence-corrected chi connectivity index (χ0v) is 11.6. The molecule has 110 valence electrons. The standard InChI is InChI=1S/C11H19NO6S/c1-2-19(15,16)12-9-7-17-11(18-9)5-3-4-8(6-11)10(13)14/h8-9,12H,2-7H2,1H3,(H,13,14). The van der Waals surface area contributed by atoms with E-state index in [1.807, 2.05) is 0 Å². The minimum Gasteiger partial charge on any atom is -0.481 e. The fraction of sp³-hybridized carbons (Fsp3) is 0.909. The predicted octanol–water partition coefficient (Wildman–Crippen LogP) is 0.270. The molecule has 3 atom stereocenters. The number of sulfonamides is 1. The van der Waals surface area contributed by atoms with Crippen molar-refractivity contribution in [3.8, 4) is 0 Å². The van der Waals surface area contributed by atoms with E-state index >= 15 is 0 Å². The molecule has 1 heterocycles. The van der Waals surface area contributed by atoms with Crippen molar-refractivity contribution < 1.29 is 27.8 Å². The Balaban J connectivity index is 1.98. The fourth-order valence-corrected chi connectivity index (χ4v) is 3.23. The third-order valence-electron chi connectivity index (χ3n) is 3.56. The van der Waals surface area contributed by atoms with Crippen LogP contribution in [0.2, 0.25) is 0 Å². The molecule has 2 fully saturated rings. The van der Waals surface area contributed by atoms with Crippen molar-refractivity contribution in [3.63, 3.8) is 0 Å². The highest BCUT2D eigenvalue weighted by atomic mass is 32.2. The van der Waals surface area contributed by atoms with E-state index in [1.165, 1.54) is 6.92 Å². The molecule has 1 saturated carbocycles. The lowest BCUT2D eigenvalue weighted by Gasteiger charge is -2.34. The quantitative estimate of drug-likeness (QED) is 0.771. The van der Waals surface area contributed by atoms with E-state index in [1.54, 1.807) is 0 Å². The fourth-order valence-electron chi connectivity index (χ4n) is 2.54. The molecular formula is C11H19NO6S. The third kappa shape index (κ3) is 3.44. The van der Waals surface area contributed by atoms with Gasteiger partial charge in [-0.2, -0.15) is 4.72 Å². The van der Waals surface area contributed by atoms with Crippen LogP contribution in [0, 0.1) is 5.92 Å². The molecule has 19 heavy (non-hydrogen) atoms. The van der Waals surface area contributed by atoms with Crippen LogP contribution in [-0.2, 0) is 24.3 Å². The molecule has 2 aliphatic rings. The van der Waals surface area contributed by atoms with Crippen molar-refractivity contribution >= 4 is 16.0 Å². The minimum absolute atomic E-state index is 0.0301. The molecular weight excluding hydrogens is 274 g/mol. The Morgan fingerprint density at radius 3 is 2.89 bits per heavy atom. The lowest BCUT2D eigenvalue weighted by atomic mass is 9.85. The Bertz CT molecular complexity index is 450. The van der Waals surface area contributed by atoms with Crippen LogP contribution < -0.4 is 4.72 Å². The summed E-state index contributed by atoms with van der Waals surface area (Å²) in [5.41, 5.74) is 0. The summed E-state index contributed by atoms with van der Waals surface area (Å²) in [6.45, 7) is 1.65. The maximum Gasteiger partial charge on any atom is 0.306 e. The van der Waals surface area contributed by atoms with Crippen molar-refractivity contribution in [2.45, 2.75) is 44.6 Å². The highest BCUT2D eigenvalue weighted by Crippen LogP contribution is 2.40. The summed E-state index contributed by atoms with van der Waals surface area (Å²) in [4.78, 5) is 11.0. The van der Waals surface area contributed by atoms with E-state index in [0.29, 0.717) is 19.3 Å². The van der Waals surface area contributed by atoms with Gasteiger partial charge in [0.05, 0.1) is 18.3 Å². The lowest BCUT2D eigenvalue weighted by Crippen LogP contribution is -2.42. The maximum absolute atomic E-state index is 11.5. The second-order valence-corrected chi connectivity index (χ2v) is 7.02.